The quantitative estimate of drug-likeness (QED) is 0.716. The number of rotatable bonds is 6. The topological polar surface area (TPSA) is 87.2 Å². The molecule has 1 aromatic heterocycles. The van der Waals surface area contributed by atoms with Gasteiger partial charge in [0.1, 0.15) is 5.82 Å². The summed E-state index contributed by atoms with van der Waals surface area (Å²) in [6, 6.07) is 7.09. The summed E-state index contributed by atoms with van der Waals surface area (Å²) in [6.45, 7) is 5.63. The van der Waals surface area contributed by atoms with Crippen LogP contribution in [0.1, 0.15) is 31.3 Å². The van der Waals surface area contributed by atoms with Crippen molar-refractivity contribution in [3.8, 4) is 0 Å². The van der Waals surface area contributed by atoms with Gasteiger partial charge in [0, 0.05) is 37.6 Å². The summed E-state index contributed by atoms with van der Waals surface area (Å²) < 4.78 is 0. The molecule has 4 rings (SSSR count). The zero-order chi connectivity index (χ0) is 22.0. The van der Waals surface area contributed by atoms with Crippen LogP contribution in [0.4, 0.5) is 11.4 Å². The van der Waals surface area contributed by atoms with Gasteiger partial charge < -0.3 is 10.6 Å². The van der Waals surface area contributed by atoms with Crippen LogP contribution in [0.25, 0.3) is 0 Å². The molecule has 3 atom stereocenters. The van der Waals surface area contributed by atoms with Crippen molar-refractivity contribution in [2.75, 3.05) is 30.3 Å². The van der Waals surface area contributed by atoms with E-state index in [-0.39, 0.29) is 11.8 Å². The Bertz CT molecular complexity index is 982. The summed E-state index contributed by atoms with van der Waals surface area (Å²) in [5.74, 6) is 2.46. The zero-order valence-electron chi connectivity index (χ0n) is 17.9. The SMILES string of the molecule is CC(=O)Nc1ccc(NC(=O)CN2C[C@H]3CC[C@H](Cc4ccnc(C)n4)[C@H]3C2)c(Cl)c1. The van der Waals surface area contributed by atoms with E-state index in [4.69, 9.17) is 11.6 Å². The molecule has 2 amide bonds. The van der Waals surface area contributed by atoms with Crippen molar-refractivity contribution in [2.45, 2.75) is 33.1 Å². The maximum Gasteiger partial charge on any atom is 0.238 e. The van der Waals surface area contributed by atoms with Gasteiger partial charge in [0.15, 0.2) is 0 Å². The van der Waals surface area contributed by atoms with Gasteiger partial charge in [0.05, 0.1) is 17.3 Å². The monoisotopic (exact) mass is 441 g/mol. The average molecular weight is 442 g/mol. The van der Waals surface area contributed by atoms with Crippen LogP contribution in [0.15, 0.2) is 30.5 Å². The largest absolute Gasteiger partial charge is 0.326 e. The van der Waals surface area contributed by atoms with E-state index in [0.717, 1.165) is 31.0 Å². The van der Waals surface area contributed by atoms with Gasteiger partial charge >= 0.3 is 0 Å². The normalized spacial score (nSPS) is 22.9. The Morgan fingerprint density at radius 3 is 2.77 bits per heavy atom. The molecule has 0 unspecified atom stereocenters. The molecule has 1 saturated heterocycles. The zero-order valence-corrected chi connectivity index (χ0v) is 18.7. The standard InChI is InChI=1S/C23H28ClN5O2/c1-14-25-8-7-19(26-14)9-16-3-4-17-11-29(12-20(16)17)13-23(31)28-22-6-5-18(10-21(22)24)27-15(2)30/h5-8,10,16-17,20H,3-4,9,11-13H2,1-2H3,(H,27,30)(H,28,31)/t16-,17-,20-/m1/s1. The summed E-state index contributed by atoms with van der Waals surface area (Å²) in [7, 11) is 0. The number of halogens is 1. The Labute approximate surface area is 187 Å². The lowest BCUT2D eigenvalue weighted by Crippen LogP contribution is -2.33. The number of likely N-dealkylation sites (tertiary alicyclic amines) is 1. The van der Waals surface area contributed by atoms with Crippen molar-refractivity contribution in [1.29, 1.82) is 0 Å². The van der Waals surface area contributed by atoms with E-state index in [1.165, 1.54) is 19.8 Å². The molecule has 2 aromatic rings. The third-order valence-electron chi connectivity index (χ3n) is 6.32. The number of hydrogen-bond acceptors (Lipinski definition) is 5. The van der Waals surface area contributed by atoms with Crippen molar-refractivity contribution in [2.24, 2.45) is 17.8 Å². The predicted octanol–water partition coefficient (Wildman–Crippen LogP) is 3.54. The Morgan fingerprint density at radius 1 is 1.19 bits per heavy atom. The highest BCUT2D eigenvalue weighted by Crippen LogP contribution is 2.43. The third-order valence-corrected chi connectivity index (χ3v) is 6.63. The molecule has 2 heterocycles. The van der Waals surface area contributed by atoms with E-state index in [1.807, 2.05) is 19.2 Å². The molecule has 1 saturated carbocycles. The van der Waals surface area contributed by atoms with E-state index in [1.54, 1.807) is 18.2 Å². The molecule has 0 bridgehead atoms. The van der Waals surface area contributed by atoms with Crippen LogP contribution in [-0.2, 0) is 16.0 Å². The maximum atomic E-state index is 12.6. The van der Waals surface area contributed by atoms with Gasteiger partial charge in [-0.05, 0) is 68.2 Å². The number of hydrogen-bond donors (Lipinski definition) is 2. The van der Waals surface area contributed by atoms with Crippen molar-refractivity contribution in [3.63, 3.8) is 0 Å². The van der Waals surface area contributed by atoms with Gasteiger partial charge in [-0.15, -0.1) is 0 Å². The molecule has 1 aliphatic heterocycles. The number of benzene rings is 1. The number of amides is 2. The van der Waals surface area contributed by atoms with Gasteiger partial charge in [0.25, 0.3) is 0 Å². The van der Waals surface area contributed by atoms with E-state index in [2.05, 4.69) is 25.5 Å². The fourth-order valence-electron chi connectivity index (χ4n) is 5.03. The summed E-state index contributed by atoms with van der Waals surface area (Å²) in [4.78, 5) is 34.8. The highest BCUT2D eigenvalue weighted by atomic mass is 35.5. The number of fused-ring (bicyclic) bond motifs is 1. The lowest BCUT2D eigenvalue weighted by molar-refractivity contribution is -0.117. The Kier molecular flexibility index (Phi) is 6.53. The number of aromatic nitrogens is 2. The first-order chi connectivity index (χ1) is 14.9. The Morgan fingerprint density at radius 2 is 2.03 bits per heavy atom. The van der Waals surface area contributed by atoms with Crippen LogP contribution in [0.5, 0.6) is 0 Å². The first-order valence-electron chi connectivity index (χ1n) is 10.7. The molecule has 0 radical (unpaired) electrons. The first kappa shape index (κ1) is 21.7. The van der Waals surface area contributed by atoms with Gasteiger partial charge in [-0.3, -0.25) is 14.5 Å². The van der Waals surface area contributed by atoms with Crippen LogP contribution in [0.2, 0.25) is 5.02 Å². The van der Waals surface area contributed by atoms with Gasteiger partial charge in [-0.1, -0.05) is 11.6 Å². The molecular weight excluding hydrogens is 414 g/mol. The maximum absolute atomic E-state index is 12.6. The van der Waals surface area contributed by atoms with Gasteiger partial charge in [-0.2, -0.15) is 0 Å². The van der Waals surface area contributed by atoms with E-state index >= 15 is 0 Å². The Balaban J connectivity index is 1.31. The fraction of sp³-hybridized carbons (Fsp3) is 0.478. The molecule has 2 fully saturated rings. The van der Waals surface area contributed by atoms with Crippen LogP contribution >= 0.6 is 11.6 Å². The summed E-state index contributed by atoms with van der Waals surface area (Å²) in [6.07, 6.45) is 5.27. The molecule has 31 heavy (non-hydrogen) atoms. The fourth-order valence-corrected chi connectivity index (χ4v) is 5.26. The second kappa shape index (κ2) is 9.32. The van der Waals surface area contributed by atoms with Crippen LogP contribution in [0.3, 0.4) is 0 Å². The molecule has 2 N–H and O–H groups in total. The lowest BCUT2D eigenvalue weighted by atomic mass is 9.89. The van der Waals surface area contributed by atoms with E-state index < -0.39 is 0 Å². The number of nitrogens with zero attached hydrogens (tertiary/aromatic N) is 3. The summed E-state index contributed by atoms with van der Waals surface area (Å²) >= 11 is 6.27. The van der Waals surface area contributed by atoms with E-state index in [0.29, 0.717) is 40.7 Å². The lowest BCUT2D eigenvalue weighted by Gasteiger charge is -2.20. The molecule has 0 spiro atoms. The second-order valence-electron chi connectivity index (χ2n) is 8.68. The molecular formula is C23H28ClN5O2. The number of aryl methyl sites for hydroxylation is 1. The van der Waals surface area contributed by atoms with Gasteiger partial charge in [0.2, 0.25) is 11.8 Å². The Hall–Kier alpha value is -2.51. The first-order valence-corrected chi connectivity index (χ1v) is 11.1. The number of carbonyl (C=O) groups is 2. The number of carbonyl (C=O) groups excluding carboxylic acids is 2. The second-order valence-corrected chi connectivity index (χ2v) is 9.09. The molecule has 1 aromatic carbocycles. The van der Waals surface area contributed by atoms with Crippen molar-refractivity contribution in [3.05, 3.63) is 47.0 Å². The highest BCUT2D eigenvalue weighted by Gasteiger charge is 2.42. The highest BCUT2D eigenvalue weighted by molar-refractivity contribution is 6.34. The average Bonchev–Trinajstić information content (AvgIpc) is 3.25. The van der Waals surface area contributed by atoms with Crippen LogP contribution < -0.4 is 10.6 Å². The minimum absolute atomic E-state index is 0.0721. The van der Waals surface area contributed by atoms with Crippen LogP contribution in [0, 0.1) is 24.7 Å². The molecule has 2 aliphatic rings. The third kappa shape index (κ3) is 5.40. The van der Waals surface area contributed by atoms with Crippen molar-refractivity contribution >= 4 is 34.8 Å². The molecule has 8 heteroatoms. The minimum Gasteiger partial charge on any atom is -0.326 e. The molecule has 7 nitrogen and oxygen atoms in total. The summed E-state index contributed by atoms with van der Waals surface area (Å²) in [5, 5.41) is 5.98. The number of nitrogens with one attached hydrogen (secondary N) is 2. The van der Waals surface area contributed by atoms with Crippen molar-refractivity contribution in [1.82, 2.24) is 14.9 Å². The molecule has 1 aliphatic carbocycles. The molecule has 164 valence electrons. The summed E-state index contributed by atoms with van der Waals surface area (Å²) in [5.41, 5.74) is 2.27. The van der Waals surface area contributed by atoms with E-state index in [9.17, 15) is 9.59 Å². The van der Waals surface area contributed by atoms with Crippen LogP contribution in [-0.4, -0.2) is 46.3 Å². The minimum atomic E-state index is -0.166. The number of anilines is 2. The predicted molar refractivity (Wildman–Crippen MR) is 121 cm³/mol. The van der Waals surface area contributed by atoms with Gasteiger partial charge in [-0.25, -0.2) is 9.97 Å². The van der Waals surface area contributed by atoms with Crippen molar-refractivity contribution < 1.29 is 9.59 Å². The smallest absolute Gasteiger partial charge is 0.238 e.